The minimum Gasteiger partial charge on any atom is -0.497 e. The Hall–Kier alpha value is -1.79. The number of amides is 2. The number of urea groups is 1. The van der Waals surface area contributed by atoms with Gasteiger partial charge in [-0.05, 0) is 55.7 Å². The largest absolute Gasteiger partial charge is 0.497 e. The summed E-state index contributed by atoms with van der Waals surface area (Å²) in [4.78, 5) is 14.4. The molecule has 28 heavy (non-hydrogen) atoms. The molecular formula is C22H32N2O4. The number of nitrogens with one attached hydrogen (secondary N) is 1. The molecule has 3 aliphatic rings. The molecule has 2 heterocycles. The van der Waals surface area contributed by atoms with E-state index in [9.17, 15) is 4.79 Å². The number of nitrogens with zero attached hydrogens (tertiary/aromatic N) is 1. The van der Waals surface area contributed by atoms with E-state index in [-0.39, 0.29) is 11.6 Å². The fourth-order valence-electron chi connectivity index (χ4n) is 4.18. The molecule has 1 spiro atoms. The third-order valence-electron chi connectivity index (χ3n) is 6.28. The van der Waals surface area contributed by atoms with Crippen LogP contribution in [0.5, 0.6) is 5.75 Å². The van der Waals surface area contributed by atoms with Crippen molar-refractivity contribution in [3.05, 3.63) is 29.8 Å². The number of ether oxygens (including phenoxy) is 3. The molecular weight excluding hydrogens is 356 g/mol. The van der Waals surface area contributed by atoms with Gasteiger partial charge in [-0.15, -0.1) is 0 Å². The molecule has 2 amide bonds. The summed E-state index contributed by atoms with van der Waals surface area (Å²) < 4.78 is 17.5. The fourth-order valence-corrected chi connectivity index (χ4v) is 4.18. The first-order valence-electron chi connectivity index (χ1n) is 10.6. The molecule has 1 aliphatic carbocycles. The summed E-state index contributed by atoms with van der Waals surface area (Å²) in [5.41, 5.74) is 0.966. The highest BCUT2D eigenvalue weighted by atomic mass is 16.5. The van der Waals surface area contributed by atoms with E-state index < -0.39 is 0 Å². The number of hydrogen-bond donors (Lipinski definition) is 1. The van der Waals surface area contributed by atoms with Crippen molar-refractivity contribution in [2.24, 2.45) is 5.92 Å². The maximum atomic E-state index is 12.5. The fraction of sp³-hybridized carbons (Fsp3) is 0.682. The van der Waals surface area contributed by atoms with Gasteiger partial charge in [0.2, 0.25) is 0 Å². The molecule has 0 aromatic heterocycles. The highest BCUT2D eigenvalue weighted by Crippen LogP contribution is 2.37. The molecule has 0 bridgehead atoms. The molecule has 1 aromatic rings. The molecule has 3 fully saturated rings. The van der Waals surface area contributed by atoms with Gasteiger partial charge in [-0.2, -0.15) is 0 Å². The zero-order chi connectivity index (χ0) is 19.4. The number of hydrogen-bond acceptors (Lipinski definition) is 4. The Kier molecular flexibility index (Phi) is 6.07. The molecule has 6 nitrogen and oxygen atoms in total. The van der Waals surface area contributed by atoms with Crippen molar-refractivity contribution in [3.8, 4) is 5.75 Å². The van der Waals surface area contributed by atoms with E-state index in [2.05, 4.69) is 5.32 Å². The van der Waals surface area contributed by atoms with Crippen LogP contribution in [-0.4, -0.2) is 56.0 Å². The molecule has 2 saturated heterocycles. The Labute approximate surface area is 167 Å². The molecule has 4 rings (SSSR count). The van der Waals surface area contributed by atoms with E-state index in [1.807, 2.05) is 29.2 Å². The summed E-state index contributed by atoms with van der Waals surface area (Å²) in [6.07, 6.45) is 6.74. The van der Waals surface area contributed by atoms with E-state index in [4.69, 9.17) is 14.2 Å². The van der Waals surface area contributed by atoms with Crippen LogP contribution < -0.4 is 10.1 Å². The molecule has 1 unspecified atom stereocenters. The number of rotatable bonds is 6. The molecule has 2 aliphatic heterocycles. The molecule has 1 atom stereocenters. The van der Waals surface area contributed by atoms with E-state index in [1.165, 1.54) is 12.8 Å². The molecule has 1 N–H and O–H groups in total. The van der Waals surface area contributed by atoms with Crippen LogP contribution in [0.1, 0.15) is 44.1 Å². The lowest BCUT2D eigenvalue weighted by Crippen LogP contribution is -2.53. The number of methoxy groups -OCH3 is 1. The number of carbonyl (C=O) groups excluding carboxylic acids is 1. The Morgan fingerprint density at radius 2 is 1.96 bits per heavy atom. The Morgan fingerprint density at radius 1 is 1.21 bits per heavy atom. The lowest BCUT2D eigenvalue weighted by atomic mass is 9.83. The first-order valence-corrected chi connectivity index (χ1v) is 10.6. The smallest absolute Gasteiger partial charge is 0.317 e. The van der Waals surface area contributed by atoms with Gasteiger partial charge in [-0.1, -0.05) is 12.1 Å². The average Bonchev–Trinajstić information content (AvgIpc) is 3.56. The molecule has 6 heteroatoms. The van der Waals surface area contributed by atoms with E-state index in [0.717, 1.165) is 69.2 Å². The van der Waals surface area contributed by atoms with Crippen LogP contribution >= 0.6 is 0 Å². The summed E-state index contributed by atoms with van der Waals surface area (Å²) in [5.74, 6) is 1.62. The van der Waals surface area contributed by atoms with E-state index in [1.54, 1.807) is 7.11 Å². The summed E-state index contributed by atoms with van der Waals surface area (Å²) in [7, 11) is 1.65. The average molecular weight is 389 g/mol. The molecule has 1 saturated carbocycles. The first kappa shape index (κ1) is 19.5. The van der Waals surface area contributed by atoms with Crippen LogP contribution in [0, 0.1) is 5.92 Å². The summed E-state index contributed by atoms with van der Waals surface area (Å²) >= 11 is 0. The second-order valence-corrected chi connectivity index (χ2v) is 8.42. The predicted molar refractivity (Wildman–Crippen MR) is 106 cm³/mol. The highest BCUT2D eigenvalue weighted by molar-refractivity contribution is 5.74. The maximum absolute atomic E-state index is 12.5. The summed E-state index contributed by atoms with van der Waals surface area (Å²) in [6, 6.07) is 7.77. The van der Waals surface area contributed by atoms with Gasteiger partial charge in [-0.3, -0.25) is 0 Å². The van der Waals surface area contributed by atoms with Crippen LogP contribution in [0.25, 0.3) is 0 Å². The minimum atomic E-state index is -0.0980. The van der Waals surface area contributed by atoms with E-state index in [0.29, 0.717) is 12.6 Å². The Bertz CT molecular complexity index is 651. The number of carbonyl (C=O) groups is 1. The second kappa shape index (κ2) is 8.70. The van der Waals surface area contributed by atoms with Crippen molar-refractivity contribution in [1.29, 1.82) is 0 Å². The number of likely N-dealkylation sites (tertiary alicyclic amines) is 1. The predicted octanol–water partition coefficient (Wildman–Crippen LogP) is 3.35. The van der Waals surface area contributed by atoms with Gasteiger partial charge in [0.1, 0.15) is 5.75 Å². The van der Waals surface area contributed by atoms with Crippen LogP contribution in [0.3, 0.4) is 0 Å². The second-order valence-electron chi connectivity index (χ2n) is 8.42. The lowest BCUT2D eigenvalue weighted by molar-refractivity contribution is -0.153. The molecule has 1 aromatic carbocycles. The first-order chi connectivity index (χ1) is 13.7. The topological polar surface area (TPSA) is 60.0 Å². The Morgan fingerprint density at radius 3 is 2.64 bits per heavy atom. The molecule has 154 valence electrons. The van der Waals surface area contributed by atoms with Crippen LogP contribution in [0.4, 0.5) is 4.79 Å². The van der Waals surface area contributed by atoms with Crippen LogP contribution in [0.15, 0.2) is 24.3 Å². The van der Waals surface area contributed by atoms with Gasteiger partial charge >= 0.3 is 6.03 Å². The minimum absolute atomic E-state index is 0.00279. The zero-order valence-electron chi connectivity index (χ0n) is 16.8. The van der Waals surface area contributed by atoms with Crippen molar-refractivity contribution in [2.45, 2.75) is 56.8 Å². The standard InChI is InChI=1S/C22H32N2O4/c1-26-19-6-4-17(5-7-19)15-23-21(25)24-11-9-22(10-12-24)14-20(8-13-28-22)27-16-18-2-3-18/h4-7,18,20H,2-3,8-16H2,1H3,(H,23,25). The van der Waals surface area contributed by atoms with Gasteiger partial charge in [0.15, 0.2) is 0 Å². The van der Waals surface area contributed by atoms with Crippen molar-refractivity contribution in [2.75, 3.05) is 33.4 Å². The van der Waals surface area contributed by atoms with Gasteiger partial charge < -0.3 is 24.4 Å². The van der Waals surface area contributed by atoms with Gasteiger partial charge in [0.05, 0.1) is 18.8 Å². The van der Waals surface area contributed by atoms with Gasteiger partial charge in [0.25, 0.3) is 0 Å². The van der Waals surface area contributed by atoms with Crippen LogP contribution in [-0.2, 0) is 16.0 Å². The quantitative estimate of drug-likeness (QED) is 0.812. The number of benzene rings is 1. The molecule has 0 radical (unpaired) electrons. The van der Waals surface area contributed by atoms with Crippen molar-refractivity contribution in [3.63, 3.8) is 0 Å². The van der Waals surface area contributed by atoms with Crippen molar-refractivity contribution >= 4 is 6.03 Å². The van der Waals surface area contributed by atoms with E-state index >= 15 is 0 Å². The maximum Gasteiger partial charge on any atom is 0.317 e. The van der Waals surface area contributed by atoms with Gasteiger partial charge in [0, 0.05) is 39.3 Å². The Balaban J connectivity index is 1.21. The monoisotopic (exact) mass is 388 g/mol. The van der Waals surface area contributed by atoms with Crippen molar-refractivity contribution in [1.82, 2.24) is 10.2 Å². The SMILES string of the molecule is COc1ccc(CNC(=O)N2CCC3(CC2)CC(OCC2CC2)CCO3)cc1. The zero-order valence-corrected chi connectivity index (χ0v) is 16.8. The highest BCUT2D eigenvalue weighted by Gasteiger charge is 2.41. The van der Waals surface area contributed by atoms with Gasteiger partial charge in [-0.25, -0.2) is 4.79 Å². The summed E-state index contributed by atoms with van der Waals surface area (Å²) in [5, 5.41) is 3.03. The third-order valence-corrected chi connectivity index (χ3v) is 6.28. The van der Waals surface area contributed by atoms with Crippen molar-refractivity contribution < 1.29 is 19.0 Å². The number of piperidine rings is 1. The van der Waals surface area contributed by atoms with Crippen LogP contribution in [0.2, 0.25) is 0 Å². The normalized spacial score (nSPS) is 24.2. The third kappa shape index (κ3) is 4.97. The lowest BCUT2D eigenvalue weighted by Gasteiger charge is -2.46. The summed E-state index contributed by atoms with van der Waals surface area (Å²) in [6.45, 7) is 3.70.